The van der Waals surface area contributed by atoms with E-state index in [-0.39, 0.29) is 29.9 Å². The van der Waals surface area contributed by atoms with Crippen molar-refractivity contribution in [3.63, 3.8) is 0 Å². The lowest BCUT2D eigenvalue weighted by atomic mass is 9.82. The van der Waals surface area contributed by atoms with Gasteiger partial charge in [0, 0.05) is 18.4 Å². The van der Waals surface area contributed by atoms with Crippen molar-refractivity contribution in [3.8, 4) is 0 Å². The number of carbonyl (C=O) groups excluding carboxylic acids is 2. The lowest BCUT2D eigenvalue weighted by Crippen LogP contribution is -2.33. The van der Waals surface area contributed by atoms with E-state index in [0.717, 1.165) is 18.4 Å². The average molecular weight is 349 g/mol. The molecule has 0 N–H and O–H groups in total. The zero-order valence-corrected chi connectivity index (χ0v) is 16.1. The summed E-state index contributed by atoms with van der Waals surface area (Å²) >= 11 is 0. The monoisotopic (exact) mass is 349 g/mol. The molecule has 0 saturated carbocycles. The highest BCUT2D eigenvalue weighted by atomic mass is 16.6. The third-order valence-electron chi connectivity index (χ3n) is 4.78. The van der Waals surface area contributed by atoms with E-state index in [4.69, 9.17) is 9.47 Å². The summed E-state index contributed by atoms with van der Waals surface area (Å²) < 4.78 is 10.7. The number of amides is 1. The molecule has 2 aliphatic heterocycles. The van der Waals surface area contributed by atoms with Crippen LogP contribution >= 0.6 is 0 Å². The minimum absolute atomic E-state index is 0.0144. The highest BCUT2D eigenvalue weighted by molar-refractivity contribution is 5.73. The van der Waals surface area contributed by atoms with Gasteiger partial charge >= 0.3 is 12.1 Å². The smallest absolute Gasteiger partial charge is 0.410 e. The van der Waals surface area contributed by atoms with E-state index < -0.39 is 5.60 Å². The van der Waals surface area contributed by atoms with Gasteiger partial charge in [-0.25, -0.2) is 4.79 Å². The second-order valence-electron chi connectivity index (χ2n) is 8.34. The van der Waals surface area contributed by atoms with Crippen LogP contribution in [-0.2, 0) is 14.3 Å². The van der Waals surface area contributed by atoms with Gasteiger partial charge in [-0.3, -0.25) is 4.79 Å². The molecule has 0 aromatic carbocycles. The second kappa shape index (κ2) is 7.63. The Morgan fingerprint density at radius 3 is 2.68 bits per heavy atom. The minimum Gasteiger partial charge on any atom is -0.460 e. The van der Waals surface area contributed by atoms with Crippen molar-refractivity contribution in [2.24, 2.45) is 11.8 Å². The summed E-state index contributed by atoms with van der Waals surface area (Å²) in [7, 11) is 0. The molecule has 0 aromatic rings. The van der Waals surface area contributed by atoms with E-state index in [9.17, 15) is 9.59 Å². The van der Waals surface area contributed by atoms with E-state index in [0.29, 0.717) is 19.6 Å². The van der Waals surface area contributed by atoms with Crippen LogP contribution in [0.15, 0.2) is 23.8 Å². The van der Waals surface area contributed by atoms with Crippen LogP contribution < -0.4 is 0 Å². The van der Waals surface area contributed by atoms with E-state index in [1.54, 1.807) is 4.90 Å². The first-order valence-electron chi connectivity index (χ1n) is 9.04. The summed E-state index contributed by atoms with van der Waals surface area (Å²) in [6, 6.07) is -0.0507. The predicted molar refractivity (Wildman–Crippen MR) is 97.1 cm³/mol. The Hall–Kier alpha value is -1.78. The van der Waals surface area contributed by atoms with Crippen molar-refractivity contribution in [2.45, 2.75) is 65.5 Å². The standard InChI is InChI=1S/C20H31NO4/c1-13(2)8-7-9-14(3)16-11-21-17(12-24-19(21)23)15(16)10-18(22)25-20(4,5)6/h8,15-17H,3,7,9-12H2,1-2,4-6H3/t15-,16+,17+/m0/s1. The number of ether oxygens (including phenoxy) is 2. The van der Waals surface area contributed by atoms with Gasteiger partial charge in [0.2, 0.25) is 0 Å². The normalized spacial score (nSPS) is 25.4. The molecule has 2 saturated heterocycles. The van der Waals surface area contributed by atoms with Crippen LogP contribution in [0, 0.1) is 11.8 Å². The summed E-state index contributed by atoms with van der Waals surface area (Å²) in [5.41, 5.74) is 1.88. The van der Waals surface area contributed by atoms with Crippen molar-refractivity contribution in [1.29, 1.82) is 0 Å². The van der Waals surface area contributed by atoms with Crippen molar-refractivity contribution in [1.82, 2.24) is 4.90 Å². The van der Waals surface area contributed by atoms with Crippen LogP contribution in [0.25, 0.3) is 0 Å². The molecule has 2 heterocycles. The Morgan fingerprint density at radius 1 is 1.40 bits per heavy atom. The molecule has 3 atom stereocenters. The molecular formula is C20H31NO4. The topological polar surface area (TPSA) is 55.8 Å². The molecule has 2 fully saturated rings. The molecule has 0 radical (unpaired) electrons. The Balaban J connectivity index is 2.07. The molecule has 5 heteroatoms. The van der Waals surface area contributed by atoms with Gasteiger partial charge in [-0.15, -0.1) is 0 Å². The molecule has 25 heavy (non-hydrogen) atoms. The molecule has 140 valence electrons. The fourth-order valence-electron chi connectivity index (χ4n) is 3.66. The number of allylic oxidation sites excluding steroid dienone is 2. The third-order valence-corrected chi connectivity index (χ3v) is 4.78. The number of hydrogen-bond acceptors (Lipinski definition) is 4. The number of cyclic esters (lactones) is 1. The maximum absolute atomic E-state index is 12.4. The summed E-state index contributed by atoms with van der Waals surface area (Å²) in [4.78, 5) is 26.0. The first-order valence-corrected chi connectivity index (χ1v) is 9.04. The van der Waals surface area contributed by atoms with Gasteiger partial charge in [-0.05, 0) is 47.5 Å². The number of rotatable bonds is 6. The number of hydrogen-bond donors (Lipinski definition) is 0. The Bertz CT molecular complexity index is 569. The maximum Gasteiger partial charge on any atom is 0.410 e. The number of carbonyl (C=O) groups is 2. The minimum atomic E-state index is -0.507. The van der Waals surface area contributed by atoms with Crippen LogP contribution in [0.3, 0.4) is 0 Å². The van der Waals surface area contributed by atoms with E-state index in [1.807, 2.05) is 20.8 Å². The van der Waals surface area contributed by atoms with Gasteiger partial charge in [0.05, 0.1) is 12.5 Å². The largest absolute Gasteiger partial charge is 0.460 e. The van der Waals surface area contributed by atoms with Gasteiger partial charge in [0.1, 0.15) is 12.2 Å². The van der Waals surface area contributed by atoms with Crippen LogP contribution in [0.2, 0.25) is 0 Å². The molecule has 5 nitrogen and oxygen atoms in total. The number of esters is 1. The molecule has 1 amide bonds. The summed E-state index contributed by atoms with van der Waals surface area (Å²) in [6.45, 7) is 15.0. The van der Waals surface area contributed by atoms with Crippen LogP contribution in [0.5, 0.6) is 0 Å². The van der Waals surface area contributed by atoms with Gasteiger partial charge in [-0.2, -0.15) is 0 Å². The Morgan fingerprint density at radius 2 is 2.08 bits per heavy atom. The second-order valence-corrected chi connectivity index (χ2v) is 8.34. The SMILES string of the molecule is C=C(CCC=C(C)C)[C@H]1CN2C(=O)OC[C@@H]2[C@H]1CC(=O)OC(C)(C)C. The van der Waals surface area contributed by atoms with E-state index in [2.05, 4.69) is 26.5 Å². The van der Waals surface area contributed by atoms with Gasteiger partial charge in [-0.1, -0.05) is 23.8 Å². The fourth-order valence-corrected chi connectivity index (χ4v) is 3.66. The fraction of sp³-hybridized carbons (Fsp3) is 0.700. The quantitative estimate of drug-likeness (QED) is 0.535. The van der Waals surface area contributed by atoms with Crippen molar-refractivity contribution >= 4 is 12.1 Å². The first kappa shape index (κ1) is 19.5. The van der Waals surface area contributed by atoms with Crippen LogP contribution in [0.1, 0.15) is 53.9 Å². The maximum atomic E-state index is 12.4. The lowest BCUT2D eigenvalue weighted by Gasteiger charge is -2.25. The number of fused-ring (bicyclic) bond motifs is 1. The van der Waals surface area contributed by atoms with E-state index in [1.165, 1.54) is 5.57 Å². The molecule has 0 spiro atoms. The number of nitrogens with zero attached hydrogens (tertiary/aromatic N) is 1. The van der Waals surface area contributed by atoms with Crippen molar-refractivity contribution in [3.05, 3.63) is 23.8 Å². The summed E-state index contributed by atoms with van der Waals surface area (Å²) in [5.74, 6) is -0.0859. The van der Waals surface area contributed by atoms with Gasteiger partial charge < -0.3 is 14.4 Å². The molecular weight excluding hydrogens is 318 g/mol. The lowest BCUT2D eigenvalue weighted by molar-refractivity contribution is -0.156. The molecule has 0 unspecified atom stereocenters. The zero-order chi connectivity index (χ0) is 18.8. The highest BCUT2D eigenvalue weighted by Crippen LogP contribution is 2.41. The molecule has 0 bridgehead atoms. The molecule has 2 aliphatic rings. The average Bonchev–Trinajstić information content (AvgIpc) is 2.98. The van der Waals surface area contributed by atoms with Crippen LogP contribution in [0.4, 0.5) is 4.79 Å². The summed E-state index contributed by atoms with van der Waals surface area (Å²) in [5, 5.41) is 0. The molecule has 2 rings (SSSR count). The highest BCUT2D eigenvalue weighted by Gasteiger charge is 2.50. The van der Waals surface area contributed by atoms with Crippen LogP contribution in [-0.4, -0.2) is 41.8 Å². The van der Waals surface area contributed by atoms with Crippen molar-refractivity contribution < 1.29 is 19.1 Å². The molecule has 0 aromatic heterocycles. The van der Waals surface area contributed by atoms with E-state index >= 15 is 0 Å². The Kier molecular flexibility index (Phi) is 5.96. The first-order chi connectivity index (χ1) is 11.6. The predicted octanol–water partition coefficient (Wildman–Crippen LogP) is 4.09. The molecule has 0 aliphatic carbocycles. The Labute approximate surface area is 151 Å². The summed E-state index contributed by atoms with van der Waals surface area (Å²) in [6.07, 6.45) is 4.01. The zero-order valence-electron chi connectivity index (χ0n) is 16.1. The van der Waals surface area contributed by atoms with Gasteiger partial charge in [0.15, 0.2) is 0 Å². The third kappa shape index (κ3) is 5.10. The van der Waals surface area contributed by atoms with Gasteiger partial charge in [0.25, 0.3) is 0 Å². The van der Waals surface area contributed by atoms with Crippen molar-refractivity contribution in [2.75, 3.05) is 13.2 Å².